The number of benzene rings is 2. The van der Waals surface area contributed by atoms with Crippen molar-refractivity contribution in [3.8, 4) is 6.07 Å². The normalized spacial score (nSPS) is 15.1. The second-order valence-electron chi connectivity index (χ2n) is 5.44. The van der Waals surface area contributed by atoms with Crippen LogP contribution in [0.4, 0.5) is 4.39 Å². The number of hydrogen-bond donors (Lipinski definition) is 0. The molecule has 22 heavy (non-hydrogen) atoms. The van der Waals surface area contributed by atoms with Crippen LogP contribution in [0.3, 0.4) is 0 Å². The molecule has 1 aliphatic rings. The Morgan fingerprint density at radius 3 is 2.68 bits per heavy atom. The number of halogens is 1. The van der Waals surface area contributed by atoms with E-state index in [2.05, 4.69) is 26.0 Å². The maximum Gasteiger partial charge on any atom is 0.123 e. The monoisotopic (exact) mass is 289 g/mol. The maximum atomic E-state index is 13.6. The van der Waals surface area contributed by atoms with Gasteiger partial charge < -0.3 is 0 Å². The minimum atomic E-state index is -0.203. The molecule has 2 heteroatoms. The molecule has 1 aliphatic carbocycles. The average Bonchev–Trinajstić information content (AvgIpc) is 2.78. The first-order valence-corrected chi connectivity index (χ1v) is 7.36. The molecule has 0 amide bonds. The van der Waals surface area contributed by atoms with Gasteiger partial charge in [-0.1, -0.05) is 25.1 Å². The summed E-state index contributed by atoms with van der Waals surface area (Å²) >= 11 is 0. The van der Waals surface area contributed by atoms with Gasteiger partial charge in [0.25, 0.3) is 0 Å². The van der Waals surface area contributed by atoms with Gasteiger partial charge in [-0.2, -0.15) is 5.26 Å². The predicted octanol–water partition coefficient (Wildman–Crippen LogP) is 5.44. The summed E-state index contributed by atoms with van der Waals surface area (Å²) in [4.78, 5) is 0. The van der Waals surface area contributed by atoms with Crippen LogP contribution in [-0.2, 0) is 0 Å². The van der Waals surface area contributed by atoms with E-state index in [9.17, 15) is 4.39 Å². The van der Waals surface area contributed by atoms with E-state index in [0.29, 0.717) is 5.56 Å². The second-order valence-corrected chi connectivity index (χ2v) is 5.44. The number of fused-ring (bicyclic) bond motifs is 1. The average molecular weight is 289 g/mol. The zero-order valence-corrected chi connectivity index (χ0v) is 12.7. The van der Waals surface area contributed by atoms with E-state index < -0.39 is 0 Å². The van der Waals surface area contributed by atoms with Gasteiger partial charge in [0.15, 0.2) is 0 Å². The molecule has 0 aliphatic heterocycles. The molecule has 108 valence electrons. The molecule has 0 saturated carbocycles. The molecular weight excluding hydrogens is 273 g/mol. The molecule has 0 heterocycles. The van der Waals surface area contributed by atoms with E-state index >= 15 is 0 Å². The summed E-state index contributed by atoms with van der Waals surface area (Å²) in [6, 6.07) is 14.6. The SMILES string of the molecule is CCC1=C(C)/C(=C/c2cccc(C#N)c2)c2ccc(F)cc21. The van der Waals surface area contributed by atoms with Crippen molar-refractivity contribution in [3.63, 3.8) is 0 Å². The Bertz CT molecular complexity index is 850. The molecule has 0 saturated heterocycles. The molecule has 0 spiro atoms. The molecule has 2 aromatic rings. The van der Waals surface area contributed by atoms with Crippen molar-refractivity contribution < 1.29 is 4.39 Å². The van der Waals surface area contributed by atoms with Crippen LogP contribution >= 0.6 is 0 Å². The summed E-state index contributed by atoms with van der Waals surface area (Å²) in [7, 11) is 0. The van der Waals surface area contributed by atoms with Gasteiger partial charge in [-0.3, -0.25) is 0 Å². The Hall–Kier alpha value is -2.66. The number of allylic oxidation sites excluding steroid dienone is 3. The Labute approximate surface area is 130 Å². The summed E-state index contributed by atoms with van der Waals surface area (Å²) in [5, 5.41) is 9.02. The van der Waals surface area contributed by atoms with E-state index in [1.807, 2.05) is 24.3 Å². The van der Waals surface area contributed by atoms with E-state index in [1.165, 1.54) is 17.2 Å². The van der Waals surface area contributed by atoms with Crippen LogP contribution < -0.4 is 0 Å². The lowest BCUT2D eigenvalue weighted by Crippen LogP contribution is -1.86. The molecule has 0 aromatic heterocycles. The summed E-state index contributed by atoms with van der Waals surface area (Å²) in [5.41, 5.74) is 7.18. The molecule has 3 rings (SSSR count). The van der Waals surface area contributed by atoms with Crippen molar-refractivity contribution >= 4 is 17.2 Å². The van der Waals surface area contributed by atoms with Gasteiger partial charge in [-0.05, 0) is 77.1 Å². The van der Waals surface area contributed by atoms with Gasteiger partial charge in [0.05, 0.1) is 11.6 Å². The molecule has 2 aromatic carbocycles. The number of rotatable bonds is 2. The third-order valence-corrected chi connectivity index (χ3v) is 4.13. The van der Waals surface area contributed by atoms with Gasteiger partial charge in [-0.25, -0.2) is 4.39 Å². The quantitative estimate of drug-likeness (QED) is 0.722. The van der Waals surface area contributed by atoms with Crippen LogP contribution in [-0.4, -0.2) is 0 Å². The van der Waals surface area contributed by atoms with Crippen molar-refractivity contribution in [2.45, 2.75) is 20.3 Å². The second kappa shape index (κ2) is 5.61. The summed E-state index contributed by atoms with van der Waals surface area (Å²) in [5.74, 6) is -0.203. The fourth-order valence-electron chi connectivity index (χ4n) is 3.07. The third-order valence-electron chi connectivity index (χ3n) is 4.13. The Morgan fingerprint density at radius 1 is 1.14 bits per heavy atom. The van der Waals surface area contributed by atoms with Crippen LogP contribution in [0, 0.1) is 17.1 Å². The topological polar surface area (TPSA) is 23.8 Å². The van der Waals surface area contributed by atoms with Gasteiger partial charge in [0, 0.05) is 0 Å². The fraction of sp³-hybridized carbons (Fsp3) is 0.150. The number of hydrogen-bond acceptors (Lipinski definition) is 1. The molecule has 0 bridgehead atoms. The van der Waals surface area contributed by atoms with Crippen LogP contribution in [0.1, 0.15) is 42.5 Å². The first kappa shape index (κ1) is 14.3. The Balaban J connectivity index is 2.17. The standard InChI is InChI=1S/C20H16FN/c1-3-17-13(2)19(18-8-7-16(21)11-20(17)18)10-14-5-4-6-15(9-14)12-22/h4-11H,3H2,1-2H3/b19-10-. The molecular formula is C20H16FN. The molecule has 0 unspecified atom stereocenters. The smallest absolute Gasteiger partial charge is 0.123 e. The first-order valence-electron chi connectivity index (χ1n) is 7.36. The van der Waals surface area contributed by atoms with Gasteiger partial charge in [0.1, 0.15) is 5.82 Å². The van der Waals surface area contributed by atoms with E-state index in [4.69, 9.17) is 5.26 Å². The van der Waals surface area contributed by atoms with Crippen LogP contribution in [0.5, 0.6) is 0 Å². The minimum absolute atomic E-state index is 0.203. The van der Waals surface area contributed by atoms with Crippen molar-refractivity contribution in [1.82, 2.24) is 0 Å². The first-order chi connectivity index (χ1) is 10.6. The zero-order valence-electron chi connectivity index (χ0n) is 12.7. The van der Waals surface area contributed by atoms with Crippen molar-refractivity contribution in [3.05, 3.63) is 76.1 Å². The highest BCUT2D eigenvalue weighted by Gasteiger charge is 2.22. The van der Waals surface area contributed by atoms with E-state index in [0.717, 1.165) is 28.7 Å². The summed E-state index contributed by atoms with van der Waals surface area (Å²) in [6.07, 6.45) is 2.95. The Morgan fingerprint density at radius 2 is 1.95 bits per heavy atom. The van der Waals surface area contributed by atoms with E-state index in [-0.39, 0.29) is 5.82 Å². The van der Waals surface area contributed by atoms with Crippen molar-refractivity contribution in [2.75, 3.05) is 0 Å². The summed E-state index contributed by atoms with van der Waals surface area (Å²) < 4.78 is 13.6. The van der Waals surface area contributed by atoms with Crippen molar-refractivity contribution in [2.24, 2.45) is 0 Å². The van der Waals surface area contributed by atoms with Crippen molar-refractivity contribution in [1.29, 1.82) is 5.26 Å². The molecule has 0 N–H and O–H groups in total. The highest BCUT2D eigenvalue weighted by atomic mass is 19.1. The van der Waals surface area contributed by atoms with E-state index in [1.54, 1.807) is 12.1 Å². The third kappa shape index (κ3) is 2.35. The number of nitrogens with zero attached hydrogens (tertiary/aromatic N) is 1. The van der Waals surface area contributed by atoms with Gasteiger partial charge in [0.2, 0.25) is 0 Å². The lowest BCUT2D eigenvalue weighted by molar-refractivity contribution is 0.627. The lowest BCUT2D eigenvalue weighted by Gasteiger charge is -2.04. The number of nitriles is 1. The van der Waals surface area contributed by atoms with Crippen LogP contribution in [0.2, 0.25) is 0 Å². The summed E-state index contributed by atoms with van der Waals surface area (Å²) in [6.45, 7) is 4.17. The fourth-order valence-corrected chi connectivity index (χ4v) is 3.07. The molecule has 0 atom stereocenters. The Kier molecular flexibility index (Phi) is 3.65. The highest BCUT2D eigenvalue weighted by Crippen LogP contribution is 2.43. The largest absolute Gasteiger partial charge is 0.207 e. The van der Waals surface area contributed by atoms with Gasteiger partial charge in [-0.15, -0.1) is 0 Å². The molecule has 1 nitrogen and oxygen atoms in total. The lowest BCUT2D eigenvalue weighted by atomic mass is 10.00. The zero-order chi connectivity index (χ0) is 15.7. The minimum Gasteiger partial charge on any atom is -0.207 e. The van der Waals surface area contributed by atoms with Gasteiger partial charge >= 0.3 is 0 Å². The highest BCUT2D eigenvalue weighted by molar-refractivity contribution is 6.05. The predicted molar refractivity (Wildman–Crippen MR) is 88.3 cm³/mol. The molecule has 0 fully saturated rings. The molecule has 0 radical (unpaired) electrons. The van der Waals surface area contributed by atoms with Crippen LogP contribution in [0.15, 0.2) is 48.0 Å². The maximum absolute atomic E-state index is 13.6. The van der Waals surface area contributed by atoms with Crippen LogP contribution in [0.25, 0.3) is 17.2 Å².